The maximum atomic E-state index is 11.9. The Morgan fingerprint density at radius 2 is 2.16 bits per heavy atom. The molecule has 0 aliphatic heterocycles. The average Bonchev–Trinajstić information content (AvgIpc) is 2.45. The van der Waals surface area contributed by atoms with Crippen molar-refractivity contribution < 1.29 is 14.4 Å². The summed E-state index contributed by atoms with van der Waals surface area (Å²) < 4.78 is 5.00. The molecule has 0 aliphatic carbocycles. The van der Waals surface area contributed by atoms with Gasteiger partial charge < -0.3 is 9.57 Å². The molecular formula is C14H17NO3S. The van der Waals surface area contributed by atoms with Gasteiger partial charge in [-0.1, -0.05) is 41.2 Å². The van der Waals surface area contributed by atoms with E-state index in [9.17, 15) is 4.79 Å². The standard InChI is InChI=1S/C14H17NO3S/c1-4-15-18-9-11-7-5-6-8-12(11)13(10-17-2)14(16)19-3/h4-8,10H,9H2,1-3H3/b13-10+,15-4-. The van der Waals surface area contributed by atoms with E-state index in [0.717, 1.165) is 22.9 Å². The van der Waals surface area contributed by atoms with Gasteiger partial charge in [0, 0.05) is 11.8 Å². The van der Waals surface area contributed by atoms with Gasteiger partial charge in [-0.2, -0.15) is 0 Å². The number of ether oxygens (including phenoxy) is 1. The molecule has 0 spiro atoms. The van der Waals surface area contributed by atoms with Crippen LogP contribution >= 0.6 is 11.8 Å². The summed E-state index contributed by atoms with van der Waals surface area (Å²) in [6.07, 6.45) is 4.77. The molecule has 0 saturated heterocycles. The molecular weight excluding hydrogens is 262 g/mol. The van der Waals surface area contributed by atoms with Crippen molar-refractivity contribution in [3.63, 3.8) is 0 Å². The second-order valence-corrected chi connectivity index (χ2v) is 4.33. The quantitative estimate of drug-likeness (QED) is 0.347. The third-order valence-electron chi connectivity index (χ3n) is 2.35. The summed E-state index contributed by atoms with van der Waals surface area (Å²) in [4.78, 5) is 17.1. The first-order chi connectivity index (χ1) is 9.24. The van der Waals surface area contributed by atoms with E-state index in [2.05, 4.69) is 5.16 Å². The Balaban J connectivity index is 3.09. The number of hydrogen-bond donors (Lipinski definition) is 0. The van der Waals surface area contributed by atoms with Crippen LogP contribution in [0.5, 0.6) is 0 Å². The third kappa shape index (κ3) is 4.44. The van der Waals surface area contributed by atoms with E-state index >= 15 is 0 Å². The van der Waals surface area contributed by atoms with Gasteiger partial charge in [0.25, 0.3) is 0 Å². The van der Waals surface area contributed by atoms with E-state index in [4.69, 9.17) is 9.57 Å². The van der Waals surface area contributed by atoms with E-state index in [-0.39, 0.29) is 5.12 Å². The highest BCUT2D eigenvalue weighted by Crippen LogP contribution is 2.24. The van der Waals surface area contributed by atoms with Crippen LogP contribution in [0, 0.1) is 0 Å². The second kappa shape index (κ2) is 8.37. The smallest absolute Gasteiger partial charge is 0.222 e. The Bertz CT molecular complexity index is 483. The van der Waals surface area contributed by atoms with Gasteiger partial charge in [0.05, 0.1) is 18.9 Å². The summed E-state index contributed by atoms with van der Waals surface area (Å²) in [5.74, 6) is 0. The molecule has 0 radical (unpaired) electrons. The Morgan fingerprint density at radius 3 is 2.79 bits per heavy atom. The van der Waals surface area contributed by atoms with Crippen molar-refractivity contribution in [3.8, 4) is 0 Å². The van der Waals surface area contributed by atoms with Crippen molar-refractivity contribution >= 4 is 28.7 Å². The molecule has 0 aliphatic rings. The molecule has 0 N–H and O–H groups in total. The lowest BCUT2D eigenvalue weighted by Crippen LogP contribution is -2.02. The van der Waals surface area contributed by atoms with Gasteiger partial charge in [-0.05, 0) is 18.7 Å². The highest BCUT2D eigenvalue weighted by Gasteiger charge is 2.15. The first-order valence-corrected chi connectivity index (χ1v) is 6.96. The lowest BCUT2D eigenvalue weighted by Gasteiger charge is -2.10. The molecule has 0 bridgehead atoms. The first kappa shape index (κ1) is 15.3. The molecule has 0 atom stereocenters. The average molecular weight is 279 g/mol. The molecule has 102 valence electrons. The maximum absolute atomic E-state index is 11.9. The maximum Gasteiger partial charge on any atom is 0.222 e. The van der Waals surface area contributed by atoms with Crippen molar-refractivity contribution in [2.24, 2.45) is 5.16 Å². The van der Waals surface area contributed by atoms with E-state index in [0.29, 0.717) is 12.2 Å². The number of benzene rings is 1. The fourth-order valence-electron chi connectivity index (χ4n) is 1.54. The highest BCUT2D eigenvalue weighted by atomic mass is 32.2. The minimum atomic E-state index is -0.0479. The lowest BCUT2D eigenvalue weighted by atomic mass is 10.0. The van der Waals surface area contributed by atoms with Crippen LogP contribution in [0.2, 0.25) is 0 Å². The van der Waals surface area contributed by atoms with E-state index < -0.39 is 0 Å². The van der Waals surface area contributed by atoms with Crippen LogP contribution in [0.1, 0.15) is 18.1 Å². The first-order valence-electron chi connectivity index (χ1n) is 5.74. The van der Waals surface area contributed by atoms with Gasteiger partial charge in [0.1, 0.15) is 6.61 Å². The number of hydrogen-bond acceptors (Lipinski definition) is 5. The Labute approximate surface area is 117 Å². The van der Waals surface area contributed by atoms with E-state index in [1.165, 1.54) is 13.4 Å². The van der Waals surface area contributed by atoms with E-state index in [1.54, 1.807) is 19.4 Å². The van der Waals surface area contributed by atoms with Gasteiger partial charge in [-0.25, -0.2) is 0 Å². The number of carbonyl (C=O) groups is 1. The number of rotatable bonds is 6. The predicted molar refractivity (Wildman–Crippen MR) is 78.9 cm³/mol. The van der Waals surface area contributed by atoms with Crippen LogP contribution in [0.3, 0.4) is 0 Å². The normalized spacial score (nSPS) is 11.6. The molecule has 5 heteroatoms. The topological polar surface area (TPSA) is 47.9 Å². The van der Waals surface area contributed by atoms with Crippen molar-refractivity contribution in [2.45, 2.75) is 13.5 Å². The van der Waals surface area contributed by atoms with Gasteiger partial charge in [0.2, 0.25) is 5.12 Å². The summed E-state index contributed by atoms with van der Waals surface area (Å²) in [6.45, 7) is 2.09. The molecule has 0 fully saturated rings. The summed E-state index contributed by atoms with van der Waals surface area (Å²) in [5.41, 5.74) is 2.21. The zero-order valence-corrected chi connectivity index (χ0v) is 12.1. The molecule has 1 aromatic carbocycles. The summed E-state index contributed by atoms with van der Waals surface area (Å²) >= 11 is 1.15. The number of nitrogens with zero attached hydrogens (tertiary/aromatic N) is 1. The van der Waals surface area contributed by atoms with Crippen molar-refractivity contribution in [2.75, 3.05) is 13.4 Å². The fraction of sp³-hybridized carbons (Fsp3) is 0.286. The van der Waals surface area contributed by atoms with Crippen LogP contribution in [0.25, 0.3) is 5.57 Å². The number of carbonyl (C=O) groups excluding carboxylic acids is 1. The zero-order chi connectivity index (χ0) is 14.1. The van der Waals surface area contributed by atoms with Crippen LogP contribution < -0.4 is 0 Å². The van der Waals surface area contributed by atoms with Crippen LogP contribution in [-0.2, 0) is 21.0 Å². The highest BCUT2D eigenvalue weighted by molar-refractivity contribution is 8.14. The van der Waals surface area contributed by atoms with Crippen molar-refractivity contribution in [3.05, 3.63) is 41.7 Å². The van der Waals surface area contributed by atoms with Gasteiger partial charge in [0.15, 0.2) is 0 Å². The molecule has 0 saturated carbocycles. The summed E-state index contributed by atoms with van der Waals surface area (Å²) in [5, 5.41) is 3.66. The largest absolute Gasteiger partial charge is 0.504 e. The lowest BCUT2D eigenvalue weighted by molar-refractivity contribution is -0.106. The van der Waals surface area contributed by atoms with Crippen molar-refractivity contribution in [1.82, 2.24) is 0 Å². The van der Waals surface area contributed by atoms with Crippen LogP contribution in [-0.4, -0.2) is 24.7 Å². The predicted octanol–water partition coefficient (Wildman–Crippen LogP) is 3.09. The molecule has 1 rings (SSSR count). The molecule has 1 aromatic rings. The van der Waals surface area contributed by atoms with Crippen LogP contribution in [0.15, 0.2) is 35.7 Å². The molecule has 4 nitrogen and oxygen atoms in total. The third-order valence-corrected chi connectivity index (χ3v) is 2.94. The van der Waals surface area contributed by atoms with Gasteiger partial charge in [-0.15, -0.1) is 0 Å². The van der Waals surface area contributed by atoms with Gasteiger partial charge >= 0.3 is 0 Å². The fourth-order valence-corrected chi connectivity index (χ4v) is 1.92. The van der Waals surface area contributed by atoms with Gasteiger partial charge in [-0.3, -0.25) is 4.79 Å². The molecule has 19 heavy (non-hydrogen) atoms. The monoisotopic (exact) mass is 279 g/mol. The Kier molecular flexibility index (Phi) is 6.74. The van der Waals surface area contributed by atoms with Crippen molar-refractivity contribution in [1.29, 1.82) is 0 Å². The molecule has 0 aromatic heterocycles. The molecule has 0 amide bonds. The Hall–Kier alpha value is -1.75. The number of methoxy groups -OCH3 is 1. The number of thioether (sulfide) groups is 1. The summed E-state index contributed by atoms with van der Waals surface area (Å²) in [7, 11) is 1.52. The molecule has 0 unspecified atom stereocenters. The molecule has 0 heterocycles. The Morgan fingerprint density at radius 1 is 1.42 bits per heavy atom. The second-order valence-electron chi connectivity index (χ2n) is 3.55. The van der Waals surface area contributed by atoms with E-state index in [1.807, 2.05) is 24.3 Å². The van der Waals surface area contributed by atoms with Crippen LogP contribution in [0.4, 0.5) is 0 Å². The zero-order valence-electron chi connectivity index (χ0n) is 11.3. The minimum absolute atomic E-state index is 0.0479. The SMILES string of the molecule is C/C=N\OCc1ccccc1/C(=C\OC)C(=O)SC. The minimum Gasteiger partial charge on any atom is -0.504 e. The number of oxime groups is 1. The summed E-state index contributed by atoms with van der Waals surface area (Å²) in [6, 6.07) is 7.54.